The van der Waals surface area contributed by atoms with E-state index in [0.29, 0.717) is 5.56 Å². The second kappa shape index (κ2) is 4.78. The number of nitrogens with zero attached hydrogens (tertiary/aromatic N) is 1. The first-order chi connectivity index (χ1) is 7.43. The van der Waals surface area contributed by atoms with Gasteiger partial charge in [0, 0.05) is 5.56 Å². The number of nitrogens with one attached hydrogen (secondary N) is 1. The highest BCUT2D eigenvalue weighted by Crippen LogP contribution is 2.08. The molecule has 0 spiro atoms. The second-order valence-electron chi connectivity index (χ2n) is 3.87. The Morgan fingerprint density at radius 2 is 2.12 bits per heavy atom. The maximum Gasteiger partial charge on any atom is 0.326 e. The normalized spacial score (nSPS) is 12.5. The van der Waals surface area contributed by atoms with Crippen molar-refractivity contribution in [2.75, 3.05) is 0 Å². The molecule has 0 saturated carbocycles. The van der Waals surface area contributed by atoms with Crippen LogP contribution in [0.4, 0.5) is 0 Å². The molecule has 1 aromatic heterocycles. The van der Waals surface area contributed by atoms with E-state index in [9.17, 15) is 9.59 Å². The Labute approximate surface area is 92.6 Å². The predicted molar refractivity (Wildman–Crippen MR) is 55.0 cm³/mol. The summed E-state index contributed by atoms with van der Waals surface area (Å²) in [6.45, 7) is 5.09. The predicted octanol–water partition coefficient (Wildman–Crippen LogP) is 0.822. The van der Waals surface area contributed by atoms with Crippen LogP contribution in [0.3, 0.4) is 0 Å². The molecule has 6 nitrogen and oxygen atoms in total. The molecule has 0 aromatic carbocycles. The highest BCUT2D eigenvalue weighted by atomic mass is 16.5. The largest absolute Gasteiger partial charge is 0.480 e. The molecular formula is C10H14N2O4. The fourth-order valence-corrected chi connectivity index (χ4v) is 1.23. The molecule has 0 bridgehead atoms. The Kier molecular flexibility index (Phi) is 3.65. The van der Waals surface area contributed by atoms with Crippen LogP contribution in [0.15, 0.2) is 10.7 Å². The lowest BCUT2D eigenvalue weighted by Crippen LogP contribution is -2.44. The third kappa shape index (κ3) is 2.59. The fourth-order valence-electron chi connectivity index (χ4n) is 1.23. The van der Waals surface area contributed by atoms with E-state index < -0.39 is 17.9 Å². The van der Waals surface area contributed by atoms with Gasteiger partial charge >= 0.3 is 5.97 Å². The number of aliphatic carboxylic acids is 1. The second-order valence-corrected chi connectivity index (χ2v) is 3.87. The Morgan fingerprint density at radius 1 is 1.50 bits per heavy atom. The molecule has 1 heterocycles. The number of aromatic nitrogens is 1. The van der Waals surface area contributed by atoms with Crippen LogP contribution in [0.25, 0.3) is 0 Å². The summed E-state index contributed by atoms with van der Waals surface area (Å²) in [6, 6.07) is -0.933. The average molecular weight is 226 g/mol. The zero-order valence-electron chi connectivity index (χ0n) is 9.35. The molecule has 0 saturated heterocycles. The van der Waals surface area contributed by atoms with Crippen molar-refractivity contribution in [2.45, 2.75) is 26.8 Å². The summed E-state index contributed by atoms with van der Waals surface area (Å²) >= 11 is 0. The number of amides is 1. The van der Waals surface area contributed by atoms with Gasteiger partial charge in [-0.2, -0.15) is 0 Å². The number of aryl methyl sites for hydroxylation is 1. The van der Waals surface area contributed by atoms with Crippen molar-refractivity contribution in [1.82, 2.24) is 10.5 Å². The number of carboxylic acids is 1. The Hall–Kier alpha value is -1.85. The van der Waals surface area contributed by atoms with Gasteiger partial charge in [-0.3, -0.25) is 4.79 Å². The van der Waals surface area contributed by atoms with Crippen molar-refractivity contribution in [3.8, 4) is 0 Å². The summed E-state index contributed by atoms with van der Waals surface area (Å²) in [5, 5.41) is 14.7. The molecule has 6 heteroatoms. The molecule has 0 aliphatic rings. The van der Waals surface area contributed by atoms with Crippen LogP contribution in [0, 0.1) is 12.8 Å². The van der Waals surface area contributed by atoms with Crippen molar-refractivity contribution < 1.29 is 19.2 Å². The molecule has 0 unspecified atom stereocenters. The van der Waals surface area contributed by atoms with E-state index in [4.69, 9.17) is 9.63 Å². The minimum atomic E-state index is -1.07. The number of carbonyl (C=O) groups excluding carboxylic acids is 1. The number of carboxylic acid groups (broad SMARTS) is 1. The van der Waals surface area contributed by atoms with Crippen molar-refractivity contribution in [3.05, 3.63) is 17.5 Å². The molecule has 88 valence electrons. The zero-order valence-corrected chi connectivity index (χ0v) is 9.35. The molecule has 1 aromatic rings. The first kappa shape index (κ1) is 12.2. The minimum absolute atomic E-state index is 0.0481. The van der Waals surface area contributed by atoms with Gasteiger partial charge in [0.25, 0.3) is 5.91 Å². The summed E-state index contributed by atoms with van der Waals surface area (Å²) in [6.07, 6.45) is 1.40. The van der Waals surface area contributed by atoms with Gasteiger partial charge in [-0.15, -0.1) is 0 Å². The van der Waals surface area contributed by atoms with Gasteiger partial charge in [-0.25, -0.2) is 4.79 Å². The van der Waals surface area contributed by atoms with Gasteiger partial charge in [-0.1, -0.05) is 19.0 Å². The molecular weight excluding hydrogens is 212 g/mol. The lowest BCUT2D eigenvalue weighted by atomic mass is 10.0. The van der Waals surface area contributed by atoms with Gasteiger partial charge in [0.2, 0.25) is 5.76 Å². The summed E-state index contributed by atoms with van der Waals surface area (Å²) in [4.78, 5) is 22.5. The standard InChI is InChI=1S/C10H14N2O4/c1-5(2)7(10(14)15)12-9(13)8-6(3)4-11-16-8/h4-5,7H,1-3H3,(H,12,13)(H,14,15)/t7-/m0/s1. The topological polar surface area (TPSA) is 92.4 Å². The molecule has 16 heavy (non-hydrogen) atoms. The molecule has 0 radical (unpaired) electrons. The average Bonchev–Trinajstić information content (AvgIpc) is 2.59. The van der Waals surface area contributed by atoms with Crippen LogP contribution in [-0.2, 0) is 4.79 Å². The fraction of sp³-hybridized carbons (Fsp3) is 0.500. The Balaban J connectivity index is 2.77. The summed E-state index contributed by atoms with van der Waals surface area (Å²) in [5.41, 5.74) is 0.574. The summed E-state index contributed by atoms with van der Waals surface area (Å²) < 4.78 is 4.73. The van der Waals surface area contributed by atoms with Crippen LogP contribution in [0.2, 0.25) is 0 Å². The highest BCUT2D eigenvalue weighted by Gasteiger charge is 2.26. The van der Waals surface area contributed by atoms with Crippen LogP contribution in [0.5, 0.6) is 0 Å². The van der Waals surface area contributed by atoms with E-state index in [1.54, 1.807) is 20.8 Å². The molecule has 0 aliphatic heterocycles. The highest BCUT2D eigenvalue weighted by molar-refractivity contribution is 5.95. The minimum Gasteiger partial charge on any atom is -0.480 e. The van der Waals surface area contributed by atoms with E-state index in [1.165, 1.54) is 6.20 Å². The number of rotatable bonds is 4. The first-order valence-electron chi connectivity index (χ1n) is 4.88. The lowest BCUT2D eigenvalue weighted by molar-refractivity contribution is -0.140. The number of carbonyl (C=O) groups is 2. The summed E-state index contributed by atoms with van der Waals surface area (Å²) in [7, 11) is 0. The quantitative estimate of drug-likeness (QED) is 0.792. The molecule has 0 fully saturated rings. The van der Waals surface area contributed by atoms with Crippen LogP contribution in [-0.4, -0.2) is 28.2 Å². The van der Waals surface area contributed by atoms with Gasteiger partial charge < -0.3 is 14.9 Å². The molecule has 2 N–H and O–H groups in total. The monoisotopic (exact) mass is 226 g/mol. The van der Waals surface area contributed by atoms with Gasteiger partial charge in [0.1, 0.15) is 6.04 Å². The molecule has 1 rings (SSSR count). The molecule has 0 aliphatic carbocycles. The molecule has 1 atom stereocenters. The van der Waals surface area contributed by atoms with E-state index in [2.05, 4.69) is 10.5 Å². The van der Waals surface area contributed by atoms with Crippen molar-refractivity contribution in [3.63, 3.8) is 0 Å². The first-order valence-corrected chi connectivity index (χ1v) is 4.88. The van der Waals surface area contributed by atoms with E-state index in [-0.39, 0.29) is 11.7 Å². The third-order valence-corrected chi connectivity index (χ3v) is 2.17. The maximum absolute atomic E-state index is 11.6. The zero-order chi connectivity index (χ0) is 12.3. The van der Waals surface area contributed by atoms with Crippen molar-refractivity contribution >= 4 is 11.9 Å². The van der Waals surface area contributed by atoms with Crippen LogP contribution < -0.4 is 5.32 Å². The Bertz CT molecular complexity index is 397. The number of hydrogen-bond acceptors (Lipinski definition) is 4. The van der Waals surface area contributed by atoms with Crippen molar-refractivity contribution in [1.29, 1.82) is 0 Å². The summed E-state index contributed by atoms with van der Waals surface area (Å²) in [5.74, 6) is -1.78. The lowest BCUT2D eigenvalue weighted by Gasteiger charge is -2.16. The van der Waals surface area contributed by atoms with Gasteiger partial charge in [-0.05, 0) is 12.8 Å². The number of hydrogen-bond donors (Lipinski definition) is 2. The van der Waals surface area contributed by atoms with Crippen molar-refractivity contribution in [2.24, 2.45) is 5.92 Å². The SMILES string of the molecule is Cc1cnoc1C(=O)N[C@H](C(=O)O)C(C)C. The van der Waals surface area contributed by atoms with Gasteiger partial charge in [0.15, 0.2) is 0 Å². The third-order valence-electron chi connectivity index (χ3n) is 2.17. The Morgan fingerprint density at radius 3 is 2.50 bits per heavy atom. The smallest absolute Gasteiger partial charge is 0.326 e. The van der Waals surface area contributed by atoms with E-state index >= 15 is 0 Å². The van der Waals surface area contributed by atoms with Gasteiger partial charge in [0.05, 0.1) is 6.20 Å². The van der Waals surface area contributed by atoms with Crippen LogP contribution >= 0.6 is 0 Å². The van der Waals surface area contributed by atoms with E-state index in [1.807, 2.05) is 0 Å². The van der Waals surface area contributed by atoms with E-state index in [0.717, 1.165) is 0 Å². The molecule has 1 amide bonds. The maximum atomic E-state index is 11.6. The van der Waals surface area contributed by atoms with Crippen LogP contribution in [0.1, 0.15) is 30.0 Å².